The molecule has 4 unspecified atom stereocenters. The molecule has 64 heavy (non-hydrogen) atoms. The molecule has 2 aliphatic heterocycles. The lowest BCUT2D eigenvalue weighted by molar-refractivity contribution is -0.138. The number of rotatable bonds is 9. The van der Waals surface area contributed by atoms with Gasteiger partial charge in [-0.2, -0.15) is 5.01 Å². The molecule has 1 saturated heterocycles. The molecule has 3 aliphatic rings. The molecule has 7 aromatic rings. The molecule has 4 atom stereocenters. The molecule has 2 N–H and O–H groups in total. The zero-order valence-corrected chi connectivity index (χ0v) is 35.4. The Balaban J connectivity index is 1.13. The van der Waals surface area contributed by atoms with E-state index in [1.807, 2.05) is 24.3 Å². The number of phenolic OH excluding ortho intramolecular Hbond substituents is 1. The molecule has 2 amide bonds. The summed E-state index contributed by atoms with van der Waals surface area (Å²) in [6.45, 7) is -0.292. The van der Waals surface area contributed by atoms with Gasteiger partial charge in [-0.3, -0.25) is 19.8 Å². The fraction of sp³-hybridized carbons (Fsp3) is 0.234. The molecule has 2 aromatic heterocycles. The highest BCUT2D eigenvalue weighted by molar-refractivity contribution is 6.30. The van der Waals surface area contributed by atoms with Gasteiger partial charge in [0.15, 0.2) is 11.5 Å². The van der Waals surface area contributed by atoms with Crippen molar-refractivity contribution in [3.63, 3.8) is 0 Å². The molecule has 324 valence electrons. The first kappa shape index (κ1) is 40.6. The predicted molar refractivity (Wildman–Crippen MR) is 235 cm³/mol. The molecule has 0 radical (unpaired) electrons. The molecule has 0 bridgehead atoms. The van der Waals surface area contributed by atoms with Gasteiger partial charge in [-0.15, -0.1) is 0 Å². The van der Waals surface area contributed by atoms with Crippen LogP contribution >= 0.6 is 11.6 Å². The second-order valence-corrected chi connectivity index (χ2v) is 16.6. The van der Waals surface area contributed by atoms with Crippen LogP contribution in [0.25, 0.3) is 21.8 Å². The van der Waals surface area contributed by atoms with Gasteiger partial charge in [0.05, 0.1) is 54.9 Å². The number of carbonyl (C=O) groups is 2. The summed E-state index contributed by atoms with van der Waals surface area (Å²) in [5, 5.41) is 14.7. The van der Waals surface area contributed by atoms with Gasteiger partial charge >= 0.3 is 11.4 Å². The van der Waals surface area contributed by atoms with E-state index >= 15 is 9.59 Å². The van der Waals surface area contributed by atoms with E-state index in [4.69, 9.17) is 21.1 Å². The second-order valence-electron chi connectivity index (χ2n) is 16.1. The van der Waals surface area contributed by atoms with E-state index in [1.54, 1.807) is 61.7 Å². The van der Waals surface area contributed by atoms with Crippen LogP contribution in [0, 0.1) is 11.7 Å². The minimum Gasteiger partial charge on any atom is -0.508 e. The summed E-state index contributed by atoms with van der Waals surface area (Å²) < 4.78 is 30.0. The van der Waals surface area contributed by atoms with E-state index in [0.29, 0.717) is 49.6 Å². The van der Waals surface area contributed by atoms with Gasteiger partial charge in [0.1, 0.15) is 17.3 Å². The molecule has 10 rings (SSSR count). The Morgan fingerprint density at radius 1 is 0.906 bits per heavy atom. The Labute approximate surface area is 367 Å². The predicted octanol–water partition coefficient (Wildman–Crippen LogP) is 5.59. The standard InChI is InChI=1S/C47H39ClFN7O8/c1-52-36-24-39(64-3)38(63-2)23-34(36)50-33(43(52)59)19-20-53-45(61)54-21-18-31-35(56(54)46(53)62)22-32-42(58)55(51-29-15-13-28(49)14-16-29)44(60)47(32,26-9-11-27(48)12-10-26)41(31)40-30-7-5-4-6-25(30)8-17-37(40)57/h4-18,23-24,32,35,41,51,57H,19-22H2,1-3H3. The van der Waals surface area contributed by atoms with E-state index in [9.17, 15) is 23.9 Å². The van der Waals surface area contributed by atoms with Gasteiger partial charge in [0.2, 0.25) is 0 Å². The number of nitrogens with zero attached hydrogens (tertiary/aromatic N) is 6. The summed E-state index contributed by atoms with van der Waals surface area (Å²) in [5.41, 5.74) is 2.09. The second kappa shape index (κ2) is 15.1. The summed E-state index contributed by atoms with van der Waals surface area (Å²) in [6, 6.07) is 24.8. The van der Waals surface area contributed by atoms with Gasteiger partial charge < -0.3 is 19.1 Å². The van der Waals surface area contributed by atoms with Crippen molar-refractivity contribution >= 4 is 50.9 Å². The van der Waals surface area contributed by atoms with Gasteiger partial charge in [0.25, 0.3) is 17.4 Å². The van der Waals surface area contributed by atoms with Crippen molar-refractivity contribution < 1.29 is 28.6 Å². The summed E-state index contributed by atoms with van der Waals surface area (Å²) in [4.78, 5) is 78.0. The largest absolute Gasteiger partial charge is 0.508 e. The van der Waals surface area contributed by atoms with Crippen molar-refractivity contribution in [1.29, 1.82) is 0 Å². The molecular formula is C47H39ClFN7O8. The van der Waals surface area contributed by atoms with E-state index < -0.39 is 57.9 Å². The van der Waals surface area contributed by atoms with E-state index in [0.717, 1.165) is 15.0 Å². The number of imide groups is 1. The summed E-state index contributed by atoms with van der Waals surface area (Å²) in [6.07, 6.45) is 1.61. The fourth-order valence-corrected chi connectivity index (χ4v) is 10.3. The van der Waals surface area contributed by atoms with Crippen molar-refractivity contribution in [2.75, 3.05) is 19.6 Å². The molecule has 1 aliphatic carbocycles. The molecule has 5 aromatic carbocycles. The average Bonchev–Trinajstić information content (AvgIpc) is 3.67. The number of hydrazine groups is 1. The number of fused-ring (bicyclic) bond motifs is 6. The Hall–Kier alpha value is -7.46. The highest BCUT2D eigenvalue weighted by Crippen LogP contribution is 2.63. The minimum atomic E-state index is -1.73. The molecule has 1 saturated carbocycles. The molecule has 15 nitrogen and oxygen atoms in total. The fourth-order valence-electron chi connectivity index (χ4n) is 10.1. The molecule has 2 fully saturated rings. The number of hydrogen-bond donors (Lipinski definition) is 2. The maximum Gasteiger partial charge on any atom is 0.347 e. The number of aromatic nitrogens is 5. The van der Waals surface area contributed by atoms with Crippen LogP contribution in [-0.2, 0) is 41.6 Å². The number of amides is 2. The number of hydrogen-bond acceptors (Lipinski definition) is 10. The van der Waals surface area contributed by atoms with Crippen molar-refractivity contribution in [1.82, 2.24) is 28.5 Å². The highest BCUT2D eigenvalue weighted by atomic mass is 35.5. The molecular weight excluding hydrogens is 845 g/mol. The van der Waals surface area contributed by atoms with Crippen molar-refractivity contribution in [3.8, 4) is 17.2 Å². The van der Waals surface area contributed by atoms with Gasteiger partial charge in [0, 0.05) is 48.6 Å². The Kier molecular flexibility index (Phi) is 9.59. The maximum absolute atomic E-state index is 15.6. The van der Waals surface area contributed by atoms with E-state index in [-0.39, 0.29) is 43.1 Å². The van der Waals surface area contributed by atoms with Crippen LogP contribution in [0.3, 0.4) is 0 Å². The van der Waals surface area contributed by atoms with Crippen LogP contribution in [0.2, 0.25) is 5.02 Å². The first-order chi connectivity index (χ1) is 30.9. The number of benzene rings is 5. The first-order valence-electron chi connectivity index (χ1n) is 20.5. The van der Waals surface area contributed by atoms with Crippen LogP contribution < -0.4 is 31.8 Å². The van der Waals surface area contributed by atoms with Crippen molar-refractivity contribution in [3.05, 3.63) is 168 Å². The van der Waals surface area contributed by atoms with Gasteiger partial charge in [-0.05, 0) is 70.8 Å². The minimum absolute atomic E-state index is 0.0765. The smallest absolute Gasteiger partial charge is 0.347 e. The summed E-state index contributed by atoms with van der Waals surface area (Å²) in [5.74, 6) is -3.37. The van der Waals surface area contributed by atoms with E-state index in [2.05, 4.69) is 10.4 Å². The third-order valence-electron chi connectivity index (χ3n) is 13.1. The zero-order valence-electron chi connectivity index (χ0n) is 34.6. The van der Waals surface area contributed by atoms with Crippen LogP contribution in [0.4, 0.5) is 10.1 Å². The molecule has 17 heteroatoms. The number of nitrogens with one attached hydrogen (secondary N) is 1. The SMILES string of the molecule is COc1cc2nc(CCn3c(=O)n4n(c3=O)C3CC5C(=O)N(Nc6ccc(F)cc6)C(=O)C5(c5ccc(Cl)cc5)C(c5c(O)ccc6ccccc56)C3=CC4)c(=O)n(C)c2cc1OC. The van der Waals surface area contributed by atoms with Crippen molar-refractivity contribution in [2.24, 2.45) is 13.0 Å². The lowest BCUT2D eigenvalue weighted by Gasteiger charge is -2.49. The quantitative estimate of drug-likeness (QED) is 0.138. The third kappa shape index (κ3) is 5.92. The van der Waals surface area contributed by atoms with Gasteiger partial charge in [-0.25, -0.2) is 32.9 Å². The lowest BCUT2D eigenvalue weighted by atomic mass is 9.52. The monoisotopic (exact) mass is 883 g/mol. The number of phenols is 1. The highest BCUT2D eigenvalue weighted by Gasteiger charge is 2.69. The Morgan fingerprint density at radius 3 is 2.36 bits per heavy atom. The number of anilines is 1. The number of methoxy groups -OCH3 is 2. The number of ether oxygens (including phenoxy) is 2. The Bertz CT molecular complexity index is 3320. The normalized spacial score (nSPS) is 20.2. The zero-order chi connectivity index (χ0) is 44.8. The first-order valence-corrected chi connectivity index (χ1v) is 20.9. The molecule has 0 spiro atoms. The number of aryl methyl sites for hydroxylation is 2. The van der Waals surface area contributed by atoms with E-state index in [1.165, 1.54) is 52.4 Å². The van der Waals surface area contributed by atoms with Gasteiger partial charge in [-0.1, -0.05) is 60.1 Å². The maximum atomic E-state index is 15.6. The van der Waals surface area contributed by atoms with Crippen LogP contribution in [0.5, 0.6) is 17.2 Å². The lowest BCUT2D eigenvalue weighted by Crippen LogP contribution is -2.53. The average molecular weight is 884 g/mol. The third-order valence-corrected chi connectivity index (χ3v) is 13.3. The number of carbonyl (C=O) groups excluding carboxylic acids is 2. The Morgan fingerprint density at radius 2 is 1.62 bits per heavy atom. The topological polar surface area (TPSA) is 172 Å². The summed E-state index contributed by atoms with van der Waals surface area (Å²) in [7, 11) is 4.57. The number of halogens is 2. The van der Waals surface area contributed by atoms with Crippen LogP contribution in [0.15, 0.2) is 123 Å². The van der Waals surface area contributed by atoms with Crippen molar-refractivity contribution in [2.45, 2.75) is 43.3 Å². The molecule has 4 heterocycles. The van der Waals surface area contributed by atoms with Crippen LogP contribution in [-0.4, -0.2) is 59.6 Å². The summed E-state index contributed by atoms with van der Waals surface area (Å²) >= 11 is 6.43. The number of allylic oxidation sites excluding steroid dienone is 2. The van der Waals surface area contributed by atoms with Crippen LogP contribution in [0.1, 0.15) is 35.2 Å². The number of aromatic hydroxyl groups is 1.